The predicted octanol–water partition coefficient (Wildman–Crippen LogP) is 1.77. The Labute approximate surface area is 84.0 Å². The molecule has 1 fully saturated rings. The fourth-order valence-corrected chi connectivity index (χ4v) is 2.05. The van der Waals surface area contributed by atoms with Crippen LogP contribution in [-0.2, 0) is 0 Å². The van der Waals surface area contributed by atoms with Gasteiger partial charge in [-0.1, -0.05) is 0 Å². The summed E-state index contributed by atoms with van der Waals surface area (Å²) in [6.45, 7) is 0. The first kappa shape index (κ1) is 9.46. The van der Waals surface area contributed by atoms with Crippen molar-refractivity contribution in [3.8, 4) is 5.75 Å². The summed E-state index contributed by atoms with van der Waals surface area (Å²) in [5, 5.41) is 9.11. The fourth-order valence-electron chi connectivity index (χ4n) is 2.05. The molecule has 3 N–H and O–H groups in total. The molecule has 2 rings (SSSR count). The van der Waals surface area contributed by atoms with Gasteiger partial charge >= 0.3 is 0 Å². The van der Waals surface area contributed by atoms with E-state index < -0.39 is 0 Å². The Morgan fingerprint density at radius 1 is 1.21 bits per heavy atom. The Kier molecular flexibility index (Phi) is 2.68. The summed E-state index contributed by atoms with van der Waals surface area (Å²) in [6, 6.07) is 4.00. The Hall–Kier alpha value is -1.09. The van der Waals surface area contributed by atoms with E-state index in [0.717, 1.165) is 31.4 Å². The van der Waals surface area contributed by atoms with Crippen molar-refractivity contribution < 1.29 is 5.11 Å². The molecule has 0 spiro atoms. The van der Waals surface area contributed by atoms with Crippen molar-refractivity contribution in [2.75, 3.05) is 0 Å². The Morgan fingerprint density at radius 3 is 2.50 bits per heavy atom. The van der Waals surface area contributed by atoms with Gasteiger partial charge in [-0.25, -0.2) is 0 Å². The molecule has 0 aromatic carbocycles. The van der Waals surface area contributed by atoms with Gasteiger partial charge in [0.05, 0.1) is 6.20 Å². The normalized spacial score (nSPS) is 27.5. The molecule has 1 aliphatic rings. The van der Waals surface area contributed by atoms with Gasteiger partial charge in [-0.2, -0.15) is 0 Å². The molecule has 0 radical (unpaired) electrons. The predicted molar refractivity (Wildman–Crippen MR) is 55.1 cm³/mol. The largest absolute Gasteiger partial charge is 0.506 e. The number of hydrogen-bond donors (Lipinski definition) is 2. The van der Waals surface area contributed by atoms with Crippen LogP contribution in [0.4, 0.5) is 0 Å². The van der Waals surface area contributed by atoms with Crippen LogP contribution in [0.15, 0.2) is 18.3 Å². The molecule has 0 unspecified atom stereocenters. The van der Waals surface area contributed by atoms with Crippen LogP contribution in [0.25, 0.3) is 0 Å². The first-order valence-corrected chi connectivity index (χ1v) is 5.16. The number of nitrogens with zero attached hydrogens (tertiary/aromatic N) is 1. The summed E-state index contributed by atoms with van der Waals surface area (Å²) in [6.07, 6.45) is 5.95. The second-order valence-corrected chi connectivity index (χ2v) is 4.05. The lowest BCUT2D eigenvalue weighted by atomic mass is 9.84. The van der Waals surface area contributed by atoms with Gasteiger partial charge in [0.15, 0.2) is 0 Å². The second-order valence-electron chi connectivity index (χ2n) is 4.05. The third-order valence-corrected chi connectivity index (χ3v) is 2.96. The molecule has 1 saturated carbocycles. The zero-order valence-corrected chi connectivity index (χ0v) is 8.19. The maximum atomic E-state index is 9.11. The average molecular weight is 192 g/mol. The summed E-state index contributed by atoms with van der Waals surface area (Å²) < 4.78 is 0. The Bertz CT molecular complexity index is 289. The third-order valence-electron chi connectivity index (χ3n) is 2.96. The van der Waals surface area contributed by atoms with E-state index in [1.165, 1.54) is 6.20 Å². The number of hydrogen-bond acceptors (Lipinski definition) is 3. The van der Waals surface area contributed by atoms with E-state index in [1.54, 1.807) is 6.07 Å². The minimum absolute atomic E-state index is 0.237. The van der Waals surface area contributed by atoms with Crippen LogP contribution >= 0.6 is 0 Å². The second kappa shape index (κ2) is 3.96. The van der Waals surface area contributed by atoms with Gasteiger partial charge < -0.3 is 10.8 Å². The molecule has 0 saturated heterocycles. The Morgan fingerprint density at radius 2 is 1.93 bits per heavy atom. The van der Waals surface area contributed by atoms with E-state index in [2.05, 4.69) is 4.98 Å². The molecule has 1 heterocycles. The van der Waals surface area contributed by atoms with Crippen molar-refractivity contribution >= 4 is 0 Å². The maximum Gasteiger partial charge on any atom is 0.133 e. The molecule has 0 atom stereocenters. The molecule has 0 aliphatic heterocycles. The minimum atomic E-state index is 0.237. The van der Waals surface area contributed by atoms with E-state index in [4.69, 9.17) is 10.8 Å². The molecule has 3 nitrogen and oxygen atoms in total. The first-order valence-electron chi connectivity index (χ1n) is 5.16. The summed E-state index contributed by atoms with van der Waals surface area (Å²) in [5.41, 5.74) is 6.93. The van der Waals surface area contributed by atoms with Crippen LogP contribution in [-0.4, -0.2) is 16.1 Å². The third kappa shape index (κ3) is 2.04. The molecular formula is C11H16N2O. The van der Waals surface area contributed by atoms with Crippen molar-refractivity contribution in [1.29, 1.82) is 0 Å². The van der Waals surface area contributed by atoms with Crippen LogP contribution < -0.4 is 5.73 Å². The number of aromatic nitrogens is 1. The van der Waals surface area contributed by atoms with Crippen LogP contribution in [0, 0.1) is 0 Å². The molecular weight excluding hydrogens is 176 g/mol. The van der Waals surface area contributed by atoms with Crippen molar-refractivity contribution in [1.82, 2.24) is 4.98 Å². The van der Waals surface area contributed by atoms with Gasteiger partial charge in [0, 0.05) is 17.7 Å². The number of aromatic hydroxyl groups is 1. The van der Waals surface area contributed by atoms with Crippen molar-refractivity contribution in [3.63, 3.8) is 0 Å². The van der Waals surface area contributed by atoms with Crippen molar-refractivity contribution in [2.24, 2.45) is 5.73 Å². The van der Waals surface area contributed by atoms with Crippen molar-refractivity contribution in [3.05, 3.63) is 24.0 Å². The lowest BCUT2D eigenvalue weighted by Gasteiger charge is -2.25. The van der Waals surface area contributed by atoms with Gasteiger partial charge in [-0.3, -0.25) is 4.98 Å². The van der Waals surface area contributed by atoms with E-state index >= 15 is 0 Å². The highest BCUT2D eigenvalue weighted by atomic mass is 16.3. The maximum absolute atomic E-state index is 9.11. The van der Waals surface area contributed by atoms with Crippen LogP contribution in [0.2, 0.25) is 0 Å². The van der Waals surface area contributed by atoms with Gasteiger partial charge in [0.1, 0.15) is 5.75 Å². The summed E-state index contributed by atoms with van der Waals surface area (Å²) in [5.74, 6) is 0.775. The van der Waals surface area contributed by atoms with Gasteiger partial charge in [0.2, 0.25) is 0 Å². The van der Waals surface area contributed by atoms with Gasteiger partial charge in [0.25, 0.3) is 0 Å². The molecule has 76 valence electrons. The van der Waals surface area contributed by atoms with Crippen LogP contribution in [0.5, 0.6) is 5.75 Å². The van der Waals surface area contributed by atoms with E-state index in [0.29, 0.717) is 12.0 Å². The topological polar surface area (TPSA) is 59.1 Å². The van der Waals surface area contributed by atoms with E-state index in [9.17, 15) is 0 Å². The molecule has 0 bridgehead atoms. The van der Waals surface area contributed by atoms with Gasteiger partial charge in [-0.05, 0) is 37.8 Å². The van der Waals surface area contributed by atoms with Crippen LogP contribution in [0.1, 0.15) is 37.3 Å². The van der Waals surface area contributed by atoms with E-state index in [-0.39, 0.29) is 5.75 Å². The molecule has 3 heteroatoms. The zero-order chi connectivity index (χ0) is 9.97. The SMILES string of the molecule is NC1CCC(c2ccc(O)cn2)CC1. The highest BCUT2D eigenvalue weighted by Gasteiger charge is 2.20. The van der Waals surface area contributed by atoms with Crippen molar-refractivity contribution in [2.45, 2.75) is 37.6 Å². The zero-order valence-electron chi connectivity index (χ0n) is 8.19. The first-order chi connectivity index (χ1) is 6.75. The summed E-state index contributed by atoms with van der Waals surface area (Å²) in [7, 11) is 0. The standard InChI is InChI=1S/C11H16N2O/c12-9-3-1-8(2-4-9)11-6-5-10(14)7-13-11/h5-9,14H,1-4,12H2. The highest BCUT2D eigenvalue weighted by molar-refractivity contribution is 5.20. The average Bonchev–Trinajstić information content (AvgIpc) is 2.21. The molecule has 1 aliphatic carbocycles. The Balaban J connectivity index is 2.05. The quantitative estimate of drug-likeness (QED) is 0.713. The number of pyridine rings is 1. The smallest absolute Gasteiger partial charge is 0.133 e. The van der Waals surface area contributed by atoms with Gasteiger partial charge in [-0.15, -0.1) is 0 Å². The monoisotopic (exact) mass is 192 g/mol. The summed E-state index contributed by atoms with van der Waals surface area (Å²) in [4.78, 5) is 4.24. The number of rotatable bonds is 1. The highest BCUT2D eigenvalue weighted by Crippen LogP contribution is 2.31. The summed E-state index contributed by atoms with van der Waals surface area (Å²) >= 11 is 0. The molecule has 0 amide bonds. The molecule has 1 aromatic heterocycles. The lowest BCUT2D eigenvalue weighted by molar-refractivity contribution is 0.389. The molecule has 14 heavy (non-hydrogen) atoms. The van der Waals surface area contributed by atoms with Crippen LogP contribution in [0.3, 0.4) is 0 Å². The fraction of sp³-hybridized carbons (Fsp3) is 0.545. The lowest BCUT2D eigenvalue weighted by Crippen LogP contribution is -2.25. The van der Waals surface area contributed by atoms with E-state index in [1.807, 2.05) is 6.07 Å². The molecule has 1 aromatic rings. The minimum Gasteiger partial charge on any atom is -0.506 e. The number of nitrogens with two attached hydrogens (primary N) is 1.